The van der Waals surface area contributed by atoms with Crippen molar-refractivity contribution >= 4 is 29.5 Å². The zero-order valence-corrected chi connectivity index (χ0v) is 16.9. The largest absolute Gasteiger partial charge is 0.465 e. The van der Waals surface area contributed by atoms with Crippen molar-refractivity contribution in [2.45, 2.75) is 42.2 Å². The van der Waals surface area contributed by atoms with E-state index in [0.29, 0.717) is 23.6 Å². The number of hydrogen-bond acceptors (Lipinski definition) is 6. The Kier molecular flexibility index (Phi) is 6.08. The van der Waals surface area contributed by atoms with E-state index in [1.807, 2.05) is 0 Å². The molecule has 1 aliphatic heterocycles. The fourth-order valence-electron chi connectivity index (χ4n) is 3.26. The van der Waals surface area contributed by atoms with E-state index in [-0.39, 0.29) is 11.3 Å². The quantitative estimate of drug-likeness (QED) is 0.721. The molecule has 1 amide bonds. The molecule has 9 heteroatoms. The average molecular weight is 419 g/mol. The number of halogens is 1. The SMILES string of the molecule is CC1(C)OC[C@H](C[C@@H](Sc2cc(Cl)ccc2C#N)c2cncnc2)N1C(=O)O. The van der Waals surface area contributed by atoms with Crippen molar-refractivity contribution in [2.75, 3.05) is 6.61 Å². The third kappa shape index (κ3) is 4.38. The molecule has 7 nitrogen and oxygen atoms in total. The zero-order valence-electron chi connectivity index (χ0n) is 15.4. The van der Waals surface area contributed by atoms with Crippen LogP contribution in [0.15, 0.2) is 41.8 Å². The molecule has 1 aromatic carbocycles. The van der Waals surface area contributed by atoms with Gasteiger partial charge in [0.25, 0.3) is 0 Å². The number of thioether (sulfide) groups is 1. The Morgan fingerprint density at radius 2 is 2.21 bits per heavy atom. The van der Waals surface area contributed by atoms with Crippen LogP contribution in [-0.2, 0) is 4.74 Å². The number of nitriles is 1. The van der Waals surface area contributed by atoms with Crippen molar-refractivity contribution in [3.63, 3.8) is 0 Å². The molecule has 0 aliphatic carbocycles. The van der Waals surface area contributed by atoms with E-state index in [2.05, 4.69) is 16.0 Å². The number of carboxylic acid groups (broad SMARTS) is 1. The van der Waals surface area contributed by atoms with Crippen molar-refractivity contribution in [3.8, 4) is 6.07 Å². The average Bonchev–Trinajstić information content (AvgIpc) is 2.96. The maximum absolute atomic E-state index is 11.8. The number of hydrogen-bond donors (Lipinski definition) is 1. The first-order chi connectivity index (χ1) is 13.3. The molecule has 0 spiro atoms. The Morgan fingerprint density at radius 1 is 1.50 bits per heavy atom. The Bertz CT molecular complexity index is 904. The molecular formula is C19H19ClN4O3S. The van der Waals surface area contributed by atoms with Gasteiger partial charge in [0.2, 0.25) is 0 Å². The van der Waals surface area contributed by atoms with Crippen molar-refractivity contribution in [1.29, 1.82) is 5.26 Å². The van der Waals surface area contributed by atoms with Crippen molar-refractivity contribution < 1.29 is 14.6 Å². The number of amides is 1. The topological polar surface area (TPSA) is 99.3 Å². The molecule has 0 saturated carbocycles. The lowest BCUT2D eigenvalue weighted by atomic mass is 10.1. The zero-order chi connectivity index (χ0) is 20.3. The lowest BCUT2D eigenvalue weighted by molar-refractivity contribution is -0.0421. The van der Waals surface area contributed by atoms with Gasteiger partial charge >= 0.3 is 6.09 Å². The van der Waals surface area contributed by atoms with Gasteiger partial charge < -0.3 is 9.84 Å². The monoisotopic (exact) mass is 418 g/mol. The van der Waals surface area contributed by atoms with Gasteiger partial charge in [-0.25, -0.2) is 14.8 Å². The van der Waals surface area contributed by atoms with Gasteiger partial charge in [-0.2, -0.15) is 5.26 Å². The number of nitrogens with zero attached hydrogens (tertiary/aromatic N) is 4. The van der Waals surface area contributed by atoms with Gasteiger partial charge in [0, 0.05) is 33.1 Å². The third-order valence-electron chi connectivity index (χ3n) is 4.55. The molecular weight excluding hydrogens is 400 g/mol. The lowest BCUT2D eigenvalue weighted by Crippen LogP contribution is -2.47. The molecule has 0 radical (unpaired) electrons. The van der Waals surface area contributed by atoms with Gasteiger partial charge in [-0.05, 0) is 38.5 Å². The van der Waals surface area contributed by atoms with Crippen LogP contribution >= 0.6 is 23.4 Å². The van der Waals surface area contributed by atoms with Crippen LogP contribution in [0, 0.1) is 11.3 Å². The molecule has 2 atom stereocenters. The maximum Gasteiger partial charge on any atom is 0.409 e. The Morgan fingerprint density at radius 3 is 2.86 bits per heavy atom. The van der Waals surface area contributed by atoms with Gasteiger partial charge in [0.05, 0.1) is 18.2 Å². The standard InChI is InChI=1S/C19H19ClN4O3S/c1-19(2)24(18(25)26)15(10-27-19)6-17(13-8-22-11-23-9-13)28-16-5-14(20)4-3-12(16)7-21/h3-5,8-9,11,15,17H,6,10H2,1-2H3,(H,25,26)/t15-,17+/m0/s1. The Balaban J connectivity index is 1.92. The van der Waals surface area contributed by atoms with E-state index in [9.17, 15) is 15.2 Å². The van der Waals surface area contributed by atoms with Crippen LogP contribution in [0.3, 0.4) is 0 Å². The molecule has 146 valence electrons. The third-order valence-corrected chi connectivity index (χ3v) is 6.13. The van der Waals surface area contributed by atoms with Crippen molar-refractivity contribution in [2.24, 2.45) is 0 Å². The summed E-state index contributed by atoms with van der Waals surface area (Å²) in [7, 11) is 0. The van der Waals surface area contributed by atoms with Crippen LogP contribution < -0.4 is 0 Å². The highest BCUT2D eigenvalue weighted by Gasteiger charge is 2.44. The van der Waals surface area contributed by atoms with E-state index in [4.69, 9.17) is 16.3 Å². The molecule has 3 rings (SSSR count). The molecule has 1 saturated heterocycles. The van der Waals surface area contributed by atoms with E-state index in [1.54, 1.807) is 44.4 Å². The number of rotatable bonds is 5. The van der Waals surface area contributed by atoms with Gasteiger partial charge in [-0.1, -0.05) is 11.6 Å². The summed E-state index contributed by atoms with van der Waals surface area (Å²) >= 11 is 7.57. The summed E-state index contributed by atoms with van der Waals surface area (Å²) < 4.78 is 5.71. The fourth-order valence-corrected chi connectivity index (χ4v) is 4.81. The molecule has 28 heavy (non-hydrogen) atoms. The second-order valence-corrected chi connectivity index (χ2v) is 8.51. The van der Waals surface area contributed by atoms with Gasteiger partial charge in [0.15, 0.2) is 0 Å². The number of benzene rings is 1. The van der Waals surface area contributed by atoms with Gasteiger partial charge in [-0.15, -0.1) is 11.8 Å². The van der Waals surface area contributed by atoms with E-state index in [1.165, 1.54) is 23.0 Å². The minimum absolute atomic E-state index is 0.184. The summed E-state index contributed by atoms with van der Waals surface area (Å²) in [5, 5.41) is 19.4. The van der Waals surface area contributed by atoms with Crippen LogP contribution in [-0.4, -0.2) is 44.4 Å². The molecule has 0 bridgehead atoms. The molecule has 2 heterocycles. The highest BCUT2D eigenvalue weighted by atomic mass is 35.5. The van der Waals surface area contributed by atoms with Crippen LogP contribution in [0.1, 0.15) is 36.6 Å². The molecule has 1 fully saturated rings. The molecule has 1 aliphatic rings. The summed E-state index contributed by atoms with van der Waals surface area (Å²) in [6.45, 7) is 3.77. The number of ether oxygens (including phenoxy) is 1. The van der Waals surface area contributed by atoms with E-state index < -0.39 is 11.8 Å². The van der Waals surface area contributed by atoms with Crippen molar-refractivity contribution in [1.82, 2.24) is 14.9 Å². The first kappa shape index (κ1) is 20.4. The first-order valence-corrected chi connectivity index (χ1v) is 9.85. The lowest BCUT2D eigenvalue weighted by Gasteiger charge is -2.32. The fraction of sp³-hybridized carbons (Fsp3) is 0.368. The summed E-state index contributed by atoms with van der Waals surface area (Å²) in [5.41, 5.74) is 0.452. The van der Waals surface area contributed by atoms with Gasteiger partial charge in [-0.3, -0.25) is 4.90 Å². The predicted octanol–water partition coefficient (Wildman–Crippen LogP) is 4.34. The molecule has 1 N–H and O–H groups in total. The molecule has 1 aromatic heterocycles. The highest BCUT2D eigenvalue weighted by Crippen LogP contribution is 2.43. The maximum atomic E-state index is 11.8. The number of aromatic nitrogens is 2. The molecule has 2 aromatic rings. The van der Waals surface area contributed by atoms with Crippen LogP contribution in [0.5, 0.6) is 0 Å². The minimum Gasteiger partial charge on any atom is -0.465 e. The minimum atomic E-state index is -1.03. The number of carbonyl (C=O) groups is 1. The summed E-state index contributed by atoms with van der Waals surface area (Å²) in [5.74, 6) is 0. The predicted molar refractivity (Wildman–Crippen MR) is 105 cm³/mol. The van der Waals surface area contributed by atoms with Gasteiger partial charge in [0.1, 0.15) is 18.1 Å². The van der Waals surface area contributed by atoms with Crippen LogP contribution in [0.25, 0.3) is 0 Å². The van der Waals surface area contributed by atoms with E-state index >= 15 is 0 Å². The van der Waals surface area contributed by atoms with E-state index in [0.717, 1.165) is 10.5 Å². The summed E-state index contributed by atoms with van der Waals surface area (Å²) in [6, 6.07) is 6.92. The Hall–Kier alpha value is -2.34. The molecule has 0 unspecified atom stereocenters. The Labute approximate surface area is 172 Å². The summed E-state index contributed by atoms with van der Waals surface area (Å²) in [6.07, 6.45) is 4.30. The smallest absolute Gasteiger partial charge is 0.409 e. The second kappa shape index (κ2) is 8.35. The second-order valence-electron chi connectivity index (χ2n) is 6.83. The normalized spacial score (nSPS) is 19.2. The van der Waals surface area contributed by atoms with Crippen LogP contribution in [0.4, 0.5) is 4.79 Å². The summed E-state index contributed by atoms with van der Waals surface area (Å²) in [4.78, 5) is 22.0. The van der Waals surface area contributed by atoms with Crippen molar-refractivity contribution in [3.05, 3.63) is 53.1 Å². The first-order valence-electron chi connectivity index (χ1n) is 8.59. The van der Waals surface area contributed by atoms with Crippen LogP contribution in [0.2, 0.25) is 5.02 Å². The highest BCUT2D eigenvalue weighted by molar-refractivity contribution is 7.99.